The van der Waals surface area contributed by atoms with E-state index >= 15 is 0 Å². The van der Waals surface area contributed by atoms with E-state index in [-0.39, 0.29) is 18.0 Å². The highest BCUT2D eigenvalue weighted by Crippen LogP contribution is 2.45. The quantitative estimate of drug-likeness (QED) is 0.196. The van der Waals surface area contributed by atoms with E-state index in [0.717, 1.165) is 55.3 Å². The van der Waals surface area contributed by atoms with Gasteiger partial charge in [0, 0.05) is 0 Å². The van der Waals surface area contributed by atoms with Gasteiger partial charge >= 0.3 is 5.97 Å². The van der Waals surface area contributed by atoms with Crippen LogP contribution in [0.2, 0.25) is 0 Å². The SMILES string of the molecule is CCCCCCCC1CCC([C@H]2CC[C@H](C(=O)O[C@H]3CC[C@H](CCCCC)CC3)CC2)C(C)C1. The summed E-state index contributed by atoms with van der Waals surface area (Å²) in [5, 5.41) is 0. The fourth-order valence-electron chi connectivity index (χ4n) is 7.80. The van der Waals surface area contributed by atoms with E-state index in [1.165, 1.54) is 109 Å². The largest absolute Gasteiger partial charge is 0.462 e. The van der Waals surface area contributed by atoms with E-state index in [1.54, 1.807) is 0 Å². The van der Waals surface area contributed by atoms with Crippen LogP contribution in [0.3, 0.4) is 0 Å². The van der Waals surface area contributed by atoms with Crippen LogP contribution in [0.4, 0.5) is 0 Å². The van der Waals surface area contributed by atoms with Gasteiger partial charge in [0.1, 0.15) is 6.10 Å². The molecule has 0 radical (unpaired) electrons. The zero-order valence-electron chi connectivity index (χ0n) is 23.2. The lowest BCUT2D eigenvalue weighted by Crippen LogP contribution is -2.34. The third kappa shape index (κ3) is 9.16. The number of carbonyl (C=O) groups is 1. The molecule has 0 aliphatic heterocycles. The second kappa shape index (κ2) is 15.6. The minimum atomic E-state index is 0.146. The topological polar surface area (TPSA) is 26.3 Å². The molecule has 3 aliphatic carbocycles. The Kier molecular flexibility index (Phi) is 12.8. The van der Waals surface area contributed by atoms with Gasteiger partial charge in [-0.2, -0.15) is 0 Å². The average molecular weight is 475 g/mol. The van der Waals surface area contributed by atoms with Crippen LogP contribution in [0.5, 0.6) is 0 Å². The van der Waals surface area contributed by atoms with E-state index < -0.39 is 0 Å². The van der Waals surface area contributed by atoms with Gasteiger partial charge in [-0.3, -0.25) is 4.79 Å². The minimum absolute atomic E-state index is 0.146. The lowest BCUT2D eigenvalue weighted by atomic mass is 9.64. The summed E-state index contributed by atoms with van der Waals surface area (Å²) < 4.78 is 6.04. The van der Waals surface area contributed by atoms with Crippen LogP contribution in [-0.4, -0.2) is 12.1 Å². The van der Waals surface area contributed by atoms with Gasteiger partial charge < -0.3 is 4.74 Å². The number of hydrogen-bond acceptors (Lipinski definition) is 2. The molecule has 2 nitrogen and oxygen atoms in total. The van der Waals surface area contributed by atoms with Crippen LogP contribution in [0.15, 0.2) is 0 Å². The third-order valence-corrected chi connectivity index (χ3v) is 10.1. The van der Waals surface area contributed by atoms with E-state index in [9.17, 15) is 4.79 Å². The molecule has 2 heteroatoms. The Morgan fingerprint density at radius 3 is 1.94 bits per heavy atom. The number of ether oxygens (including phenoxy) is 1. The lowest BCUT2D eigenvalue weighted by molar-refractivity contribution is -0.157. The molecule has 3 atom stereocenters. The molecule has 34 heavy (non-hydrogen) atoms. The first-order chi connectivity index (χ1) is 16.6. The number of unbranched alkanes of at least 4 members (excludes halogenated alkanes) is 6. The molecule has 0 spiro atoms. The second-order valence-electron chi connectivity index (χ2n) is 12.7. The van der Waals surface area contributed by atoms with Gasteiger partial charge in [0.15, 0.2) is 0 Å². The van der Waals surface area contributed by atoms with Gasteiger partial charge in [0.2, 0.25) is 0 Å². The highest BCUT2D eigenvalue weighted by Gasteiger charge is 2.37. The summed E-state index contributed by atoms with van der Waals surface area (Å²) in [4.78, 5) is 12.9. The van der Waals surface area contributed by atoms with E-state index in [0.29, 0.717) is 0 Å². The standard InChI is InChI=1S/C32H58O2/c1-4-6-8-9-11-13-27-16-23-31(25(3)24-27)28-17-19-29(20-18-28)32(33)34-30-21-14-26(15-22-30)12-10-7-5-2/h25-31H,4-24H2,1-3H3/t25?,26-,27?,28-,29-,30-,31?. The molecule has 0 heterocycles. The summed E-state index contributed by atoms with van der Waals surface area (Å²) >= 11 is 0. The van der Waals surface area contributed by atoms with Crippen LogP contribution in [0.25, 0.3) is 0 Å². The monoisotopic (exact) mass is 474 g/mol. The van der Waals surface area contributed by atoms with Crippen molar-refractivity contribution in [1.82, 2.24) is 0 Å². The molecule has 3 aliphatic rings. The molecule has 0 aromatic rings. The average Bonchev–Trinajstić information content (AvgIpc) is 2.85. The molecular weight excluding hydrogens is 416 g/mol. The number of hydrogen-bond donors (Lipinski definition) is 0. The van der Waals surface area contributed by atoms with Crippen LogP contribution < -0.4 is 0 Å². The maximum Gasteiger partial charge on any atom is 0.309 e. The van der Waals surface area contributed by atoms with Gasteiger partial charge in [0.25, 0.3) is 0 Å². The maximum absolute atomic E-state index is 12.9. The third-order valence-electron chi connectivity index (χ3n) is 10.1. The Morgan fingerprint density at radius 2 is 1.26 bits per heavy atom. The fraction of sp³-hybridized carbons (Fsp3) is 0.969. The lowest BCUT2D eigenvalue weighted by Gasteiger charge is -2.41. The number of carbonyl (C=O) groups excluding carboxylic acids is 1. The molecular formula is C32H58O2. The van der Waals surface area contributed by atoms with Gasteiger partial charge in [-0.05, 0) is 93.8 Å². The molecule has 0 amide bonds. The molecule has 198 valence electrons. The van der Waals surface area contributed by atoms with Gasteiger partial charge in [-0.15, -0.1) is 0 Å². The molecule has 0 bridgehead atoms. The molecule has 0 saturated heterocycles. The Bertz CT molecular complexity index is 541. The van der Waals surface area contributed by atoms with Crippen molar-refractivity contribution < 1.29 is 9.53 Å². The normalized spacial score (nSPS) is 34.6. The summed E-state index contributed by atoms with van der Waals surface area (Å²) in [7, 11) is 0. The Balaban J connectivity index is 1.29. The summed E-state index contributed by atoms with van der Waals surface area (Å²) in [5.41, 5.74) is 0. The van der Waals surface area contributed by atoms with Gasteiger partial charge in [0.05, 0.1) is 5.92 Å². The fourth-order valence-corrected chi connectivity index (χ4v) is 7.80. The van der Waals surface area contributed by atoms with Crippen molar-refractivity contribution in [3.05, 3.63) is 0 Å². The van der Waals surface area contributed by atoms with Crippen molar-refractivity contribution in [1.29, 1.82) is 0 Å². The van der Waals surface area contributed by atoms with Crippen molar-refractivity contribution >= 4 is 5.97 Å². The molecule has 3 saturated carbocycles. The second-order valence-corrected chi connectivity index (χ2v) is 12.7. The van der Waals surface area contributed by atoms with E-state index in [1.807, 2.05) is 0 Å². The van der Waals surface area contributed by atoms with Crippen LogP contribution in [0.1, 0.15) is 156 Å². The first-order valence-corrected chi connectivity index (χ1v) is 15.8. The first kappa shape index (κ1) is 28.0. The van der Waals surface area contributed by atoms with Crippen LogP contribution in [-0.2, 0) is 9.53 Å². The van der Waals surface area contributed by atoms with Crippen LogP contribution >= 0.6 is 0 Å². The van der Waals surface area contributed by atoms with Crippen molar-refractivity contribution in [3.63, 3.8) is 0 Å². The zero-order valence-corrected chi connectivity index (χ0v) is 23.2. The van der Waals surface area contributed by atoms with Crippen molar-refractivity contribution in [2.75, 3.05) is 0 Å². The summed E-state index contributed by atoms with van der Waals surface area (Å²) in [6, 6.07) is 0. The highest BCUT2D eigenvalue weighted by molar-refractivity contribution is 5.72. The first-order valence-electron chi connectivity index (χ1n) is 15.8. The minimum Gasteiger partial charge on any atom is -0.462 e. The van der Waals surface area contributed by atoms with Crippen LogP contribution in [0, 0.1) is 35.5 Å². The molecule has 0 aromatic carbocycles. The van der Waals surface area contributed by atoms with E-state index in [2.05, 4.69) is 20.8 Å². The predicted molar refractivity (Wildman–Crippen MR) is 145 cm³/mol. The van der Waals surface area contributed by atoms with E-state index in [4.69, 9.17) is 4.74 Å². The smallest absolute Gasteiger partial charge is 0.309 e. The van der Waals surface area contributed by atoms with Crippen molar-refractivity contribution in [2.24, 2.45) is 35.5 Å². The molecule has 0 aromatic heterocycles. The summed E-state index contributed by atoms with van der Waals surface area (Å²) in [5.74, 6) is 4.87. The Morgan fingerprint density at radius 1 is 0.676 bits per heavy atom. The molecule has 3 unspecified atom stereocenters. The zero-order chi connectivity index (χ0) is 24.2. The predicted octanol–water partition coefficient (Wildman–Crippen LogP) is 9.89. The van der Waals surface area contributed by atoms with Gasteiger partial charge in [-0.25, -0.2) is 0 Å². The summed E-state index contributed by atoms with van der Waals surface area (Å²) in [6.07, 6.45) is 28.1. The summed E-state index contributed by atoms with van der Waals surface area (Å²) in [6.45, 7) is 7.12. The molecule has 3 rings (SSSR count). The highest BCUT2D eigenvalue weighted by atomic mass is 16.5. The molecule has 0 N–H and O–H groups in total. The van der Waals surface area contributed by atoms with Gasteiger partial charge in [-0.1, -0.05) is 91.4 Å². The number of esters is 1. The van der Waals surface area contributed by atoms with Crippen molar-refractivity contribution in [3.8, 4) is 0 Å². The Hall–Kier alpha value is -0.530. The Labute approximate surface area is 212 Å². The number of rotatable bonds is 13. The maximum atomic E-state index is 12.9. The molecule has 3 fully saturated rings. The van der Waals surface area contributed by atoms with Crippen molar-refractivity contribution in [2.45, 2.75) is 162 Å².